The van der Waals surface area contributed by atoms with Crippen LogP contribution in [0.4, 0.5) is 10.1 Å². The molecule has 2 heterocycles. The number of aryl methyl sites for hydroxylation is 1. The molecule has 0 unspecified atom stereocenters. The molecule has 0 saturated carbocycles. The van der Waals surface area contributed by atoms with Crippen molar-refractivity contribution in [3.05, 3.63) is 75.8 Å². The second-order valence-corrected chi connectivity index (χ2v) is 8.95. The van der Waals surface area contributed by atoms with Gasteiger partial charge in [0.1, 0.15) is 5.82 Å². The summed E-state index contributed by atoms with van der Waals surface area (Å²) in [5.41, 5.74) is 3.32. The summed E-state index contributed by atoms with van der Waals surface area (Å²) in [6, 6.07) is 14.2. The van der Waals surface area contributed by atoms with Crippen molar-refractivity contribution in [3.63, 3.8) is 0 Å². The van der Waals surface area contributed by atoms with E-state index < -0.39 is 0 Å². The van der Waals surface area contributed by atoms with Crippen LogP contribution < -0.4 is 10.9 Å². The average Bonchev–Trinajstić information content (AvgIpc) is 2.85. The molecule has 2 aromatic carbocycles. The number of thiocarbonyl (C=S) groups is 1. The lowest BCUT2D eigenvalue weighted by molar-refractivity contribution is 0.0367. The number of pyridine rings is 1. The number of hydrogen-bond donors (Lipinski definition) is 2. The summed E-state index contributed by atoms with van der Waals surface area (Å²) in [6.07, 6.45) is 1.83. The maximum absolute atomic E-state index is 13.3. The molecule has 1 fully saturated rings. The highest BCUT2D eigenvalue weighted by Crippen LogP contribution is 2.16. The molecule has 1 aromatic heterocycles. The van der Waals surface area contributed by atoms with Gasteiger partial charge in [-0.05, 0) is 78.5 Å². The van der Waals surface area contributed by atoms with Crippen molar-refractivity contribution in [2.75, 3.05) is 44.7 Å². The van der Waals surface area contributed by atoms with Gasteiger partial charge in [-0.25, -0.2) is 4.39 Å². The Labute approximate surface area is 204 Å². The second-order valence-electron chi connectivity index (χ2n) is 8.57. The minimum Gasteiger partial charge on any atom is -0.379 e. The number of nitrogens with zero attached hydrogens (tertiary/aromatic N) is 2. The molecule has 6 nitrogen and oxygen atoms in total. The number of ether oxygens (including phenoxy) is 1. The van der Waals surface area contributed by atoms with Crippen molar-refractivity contribution in [1.29, 1.82) is 0 Å². The Morgan fingerprint density at radius 3 is 2.68 bits per heavy atom. The fourth-order valence-corrected chi connectivity index (χ4v) is 4.42. The van der Waals surface area contributed by atoms with Crippen molar-refractivity contribution >= 4 is 33.9 Å². The second kappa shape index (κ2) is 11.6. The van der Waals surface area contributed by atoms with Crippen LogP contribution in [0, 0.1) is 5.82 Å². The summed E-state index contributed by atoms with van der Waals surface area (Å²) in [6.45, 7) is 7.52. The van der Waals surface area contributed by atoms with E-state index in [0.29, 0.717) is 29.5 Å². The standard InChI is InChI=1S/C26H31FN4O2S/c1-2-19-4-9-24-20(16-19)17-21(25(32)29-24)18-31(11-3-10-30-12-14-33-15-13-30)26(34)28-23-7-5-22(27)6-8-23/h4-9,16-17H,2-3,10-15,18H2,1H3,(H,28,34)(H,29,32). The van der Waals surface area contributed by atoms with Crippen LogP contribution in [-0.2, 0) is 17.7 Å². The molecule has 1 saturated heterocycles. The Hall–Kier alpha value is -2.81. The van der Waals surface area contributed by atoms with E-state index in [2.05, 4.69) is 28.2 Å². The van der Waals surface area contributed by atoms with Crippen molar-refractivity contribution in [2.45, 2.75) is 26.3 Å². The Balaban J connectivity index is 1.52. The molecular formula is C26H31FN4O2S. The van der Waals surface area contributed by atoms with E-state index in [1.54, 1.807) is 12.1 Å². The zero-order chi connectivity index (χ0) is 23.9. The van der Waals surface area contributed by atoms with E-state index in [1.165, 1.54) is 17.7 Å². The number of fused-ring (bicyclic) bond motifs is 1. The van der Waals surface area contributed by atoms with Crippen LogP contribution in [0.25, 0.3) is 10.9 Å². The fourth-order valence-electron chi connectivity index (χ4n) is 4.14. The highest BCUT2D eigenvalue weighted by molar-refractivity contribution is 7.80. The number of rotatable bonds is 8. The van der Waals surface area contributed by atoms with Gasteiger partial charge in [0.25, 0.3) is 5.56 Å². The summed E-state index contributed by atoms with van der Waals surface area (Å²) in [7, 11) is 0. The largest absolute Gasteiger partial charge is 0.379 e. The maximum Gasteiger partial charge on any atom is 0.253 e. The van der Waals surface area contributed by atoms with Gasteiger partial charge in [0.05, 0.1) is 19.8 Å². The number of nitrogens with one attached hydrogen (secondary N) is 2. The molecule has 0 amide bonds. The third-order valence-corrected chi connectivity index (χ3v) is 6.50. The summed E-state index contributed by atoms with van der Waals surface area (Å²) in [5, 5.41) is 4.72. The minimum atomic E-state index is -0.298. The fraction of sp³-hybridized carbons (Fsp3) is 0.385. The Kier molecular flexibility index (Phi) is 8.26. The molecule has 180 valence electrons. The molecule has 0 atom stereocenters. The number of aromatic nitrogens is 1. The first-order valence-electron chi connectivity index (χ1n) is 11.8. The molecular weight excluding hydrogens is 451 g/mol. The van der Waals surface area contributed by atoms with Gasteiger partial charge in [-0.2, -0.15) is 0 Å². The zero-order valence-electron chi connectivity index (χ0n) is 19.5. The number of anilines is 1. The van der Waals surface area contributed by atoms with E-state index >= 15 is 0 Å². The number of aromatic amines is 1. The molecule has 0 aliphatic carbocycles. The van der Waals surface area contributed by atoms with Crippen LogP contribution in [-0.4, -0.2) is 59.3 Å². The molecule has 1 aliphatic rings. The highest BCUT2D eigenvalue weighted by Gasteiger charge is 2.16. The van der Waals surface area contributed by atoms with Crippen molar-refractivity contribution < 1.29 is 9.13 Å². The van der Waals surface area contributed by atoms with E-state index in [-0.39, 0.29) is 11.4 Å². The van der Waals surface area contributed by atoms with Crippen LogP contribution in [0.3, 0.4) is 0 Å². The minimum absolute atomic E-state index is 0.112. The van der Waals surface area contributed by atoms with Crippen molar-refractivity contribution in [1.82, 2.24) is 14.8 Å². The van der Waals surface area contributed by atoms with E-state index in [0.717, 1.165) is 56.6 Å². The van der Waals surface area contributed by atoms with Gasteiger partial charge in [-0.15, -0.1) is 0 Å². The third kappa shape index (κ3) is 6.40. The Bertz CT molecular complexity index is 1180. The number of hydrogen-bond acceptors (Lipinski definition) is 4. The molecule has 1 aliphatic heterocycles. The first-order valence-corrected chi connectivity index (χ1v) is 12.2. The molecule has 0 radical (unpaired) electrons. The molecule has 4 rings (SSSR count). The number of H-pyrrole nitrogens is 1. The average molecular weight is 483 g/mol. The summed E-state index contributed by atoms with van der Waals surface area (Å²) < 4.78 is 18.8. The van der Waals surface area contributed by atoms with Gasteiger partial charge in [-0.3, -0.25) is 9.69 Å². The van der Waals surface area contributed by atoms with E-state index in [1.807, 2.05) is 23.1 Å². The van der Waals surface area contributed by atoms with E-state index in [9.17, 15) is 9.18 Å². The van der Waals surface area contributed by atoms with Gasteiger partial charge in [-0.1, -0.05) is 13.0 Å². The number of halogens is 1. The monoisotopic (exact) mass is 482 g/mol. The van der Waals surface area contributed by atoms with Crippen molar-refractivity contribution in [3.8, 4) is 0 Å². The van der Waals surface area contributed by atoms with Gasteiger partial charge in [0.2, 0.25) is 0 Å². The van der Waals surface area contributed by atoms with Crippen LogP contribution in [0.2, 0.25) is 0 Å². The lowest BCUT2D eigenvalue weighted by Crippen LogP contribution is -2.40. The molecule has 34 heavy (non-hydrogen) atoms. The van der Waals surface area contributed by atoms with Gasteiger partial charge >= 0.3 is 0 Å². The number of benzene rings is 2. The first-order chi connectivity index (χ1) is 16.5. The van der Waals surface area contributed by atoms with Crippen LogP contribution >= 0.6 is 12.2 Å². The quantitative estimate of drug-likeness (QED) is 0.471. The molecule has 2 N–H and O–H groups in total. The Morgan fingerprint density at radius 2 is 1.94 bits per heavy atom. The van der Waals surface area contributed by atoms with Gasteiger partial charge < -0.3 is 19.9 Å². The molecule has 0 spiro atoms. The molecule has 3 aromatic rings. The van der Waals surface area contributed by atoms with Gasteiger partial charge in [0, 0.05) is 42.9 Å². The summed E-state index contributed by atoms with van der Waals surface area (Å²) >= 11 is 5.71. The lowest BCUT2D eigenvalue weighted by Gasteiger charge is -2.29. The van der Waals surface area contributed by atoms with Crippen LogP contribution in [0.5, 0.6) is 0 Å². The molecule has 8 heteroatoms. The topological polar surface area (TPSA) is 60.6 Å². The maximum atomic E-state index is 13.3. The zero-order valence-corrected chi connectivity index (χ0v) is 20.3. The summed E-state index contributed by atoms with van der Waals surface area (Å²) in [4.78, 5) is 20.3. The van der Waals surface area contributed by atoms with Crippen LogP contribution in [0.1, 0.15) is 24.5 Å². The normalized spacial score (nSPS) is 14.3. The highest BCUT2D eigenvalue weighted by atomic mass is 32.1. The molecule has 0 bridgehead atoms. The van der Waals surface area contributed by atoms with Crippen LogP contribution in [0.15, 0.2) is 53.3 Å². The predicted molar refractivity (Wildman–Crippen MR) is 139 cm³/mol. The first kappa shape index (κ1) is 24.3. The smallest absolute Gasteiger partial charge is 0.253 e. The Morgan fingerprint density at radius 1 is 1.18 bits per heavy atom. The number of morpholine rings is 1. The lowest BCUT2D eigenvalue weighted by atomic mass is 10.1. The summed E-state index contributed by atoms with van der Waals surface area (Å²) in [5.74, 6) is -0.298. The van der Waals surface area contributed by atoms with Crippen molar-refractivity contribution in [2.24, 2.45) is 0 Å². The SMILES string of the molecule is CCc1ccc2[nH]c(=O)c(CN(CCCN3CCOCC3)C(=S)Nc3ccc(F)cc3)cc2c1. The predicted octanol–water partition coefficient (Wildman–Crippen LogP) is 4.15. The van der Waals surface area contributed by atoms with E-state index in [4.69, 9.17) is 17.0 Å². The third-order valence-electron chi connectivity index (χ3n) is 6.14. The van der Waals surface area contributed by atoms with Gasteiger partial charge in [0.15, 0.2) is 5.11 Å².